The Morgan fingerprint density at radius 3 is 2.74 bits per heavy atom. The van der Waals surface area contributed by atoms with Crippen LogP contribution in [-0.2, 0) is 14.8 Å². The number of nitrogens with zero attached hydrogens (tertiary/aromatic N) is 1. The van der Waals surface area contributed by atoms with Crippen LogP contribution in [0.25, 0.3) is 11.1 Å². The molecule has 1 aromatic carbocycles. The smallest absolute Gasteiger partial charge is 0.341 e. The van der Waals surface area contributed by atoms with E-state index >= 15 is 0 Å². The molecule has 0 aliphatic carbocycles. The van der Waals surface area contributed by atoms with Crippen LogP contribution in [-0.4, -0.2) is 37.3 Å². The normalized spacial score (nSPS) is 11.0. The van der Waals surface area contributed by atoms with Crippen molar-refractivity contribution in [1.29, 1.82) is 0 Å². The van der Waals surface area contributed by atoms with E-state index < -0.39 is 22.6 Å². The summed E-state index contributed by atoms with van der Waals surface area (Å²) in [5, 5.41) is 9.14. The van der Waals surface area contributed by atoms with Gasteiger partial charge < -0.3 is 9.84 Å². The molecule has 0 amide bonds. The fourth-order valence-corrected chi connectivity index (χ4v) is 2.56. The molecule has 23 heavy (non-hydrogen) atoms. The zero-order chi connectivity index (χ0) is 17.0. The number of ether oxygens (including phenoxy) is 1. The Labute approximate surface area is 137 Å². The molecule has 1 heterocycles. The summed E-state index contributed by atoms with van der Waals surface area (Å²) in [5.41, 5.74) is 1.30. The molecule has 2 rings (SSSR count). The fraction of sp³-hybridized carbons (Fsp3) is 0.143. The number of rotatable bonds is 6. The lowest BCUT2D eigenvalue weighted by atomic mass is 10.1. The highest BCUT2D eigenvalue weighted by Gasteiger charge is 2.11. The zero-order valence-corrected chi connectivity index (χ0v) is 13.6. The molecular weight excluding hydrogens is 344 g/mol. The highest BCUT2D eigenvalue weighted by atomic mass is 35.5. The molecule has 0 spiro atoms. The van der Waals surface area contributed by atoms with E-state index in [1.807, 2.05) is 0 Å². The number of hydrogen-bond donors (Lipinski definition) is 2. The molecule has 0 atom stereocenters. The van der Waals surface area contributed by atoms with Gasteiger partial charge in [0, 0.05) is 22.3 Å². The van der Waals surface area contributed by atoms with Crippen molar-refractivity contribution in [2.75, 3.05) is 17.6 Å². The molecule has 0 aliphatic heterocycles. The van der Waals surface area contributed by atoms with Gasteiger partial charge in [0.05, 0.1) is 18.1 Å². The Morgan fingerprint density at radius 1 is 1.35 bits per heavy atom. The number of aromatic nitrogens is 1. The van der Waals surface area contributed by atoms with Gasteiger partial charge in [0.15, 0.2) is 6.61 Å². The van der Waals surface area contributed by atoms with Crippen LogP contribution in [0.2, 0.25) is 5.02 Å². The highest BCUT2D eigenvalue weighted by molar-refractivity contribution is 7.92. The van der Waals surface area contributed by atoms with E-state index in [2.05, 4.69) is 9.71 Å². The van der Waals surface area contributed by atoms with E-state index in [1.54, 1.807) is 18.2 Å². The minimum Gasteiger partial charge on any atom is -0.481 e. The molecule has 0 unspecified atom stereocenters. The van der Waals surface area contributed by atoms with Crippen molar-refractivity contribution in [1.82, 2.24) is 4.98 Å². The number of nitrogens with one attached hydrogen (secondary N) is 1. The summed E-state index contributed by atoms with van der Waals surface area (Å²) >= 11 is 5.97. The summed E-state index contributed by atoms with van der Waals surface area (Å²) in [7, 11) is -3.44. The molecule has 2 N–H and O–H groups in total. The molecule has 7 nitrogen and oxygen atoms in total. The van der Waals surface area contributed by atoms with Gasteiger partial charge in [-0.15, -0.1) is 0 Å². The number of pyridine rings is 1. The van der Waals surface area contributed by atoms with E-state index in [-0.39, 0.29) is 5.69 Å². The number of carbonyl (C=O) groups is 1. The van der Waals surface area contributed by atoms with Crippen LogP contribution < -0.4 is 9.46 Å². The lowest BCUT2D eigenvalue weighted by Crippen LogP contribution is -2.10. The molecule has 0 radical (unpaired) electrons. The highest BCUT2D eigenvalue weighted by Crippen LogP contribution is 2.33. The summed E-state index contributed by atoms with van der Waals surface area (Å²) in [6.45, 7) is -0.511. The summed E-state index contributed by atoms with van der Waals surface area (Å²) in [4.78, 5) is 14.6. The third-order valence-corrected chi connectivity index (χ3v) is 3.49. The minimum atomic E-state index is -3.44. The first-order valence-electron chi connectivity index (χ1n) is 6.32. The quantitative estimate of drug-likeness (QED) is 0.822. The van der Waals surface area contributed by atoms with Crippen molar-refractivity contribution in [3.63, 3.8) is 0 Å². The Hall–Kier alpha value is -2.32. The standard InChI is InChI=1S/C14H13ClN2O5S/c1-23(20,21)17-11-4-9(6-16-7-11)12-5-10(15)2-3-13(12)22-8-14(18)19/h2-7,17H,8H2,1H3,(H,18,19). The lowest BCUT2D eigenvalue weighted by molar-refractivity contribution is -0.139. The van der Waals surface area contributed by atoms with Gasteiger partial charge in [0.25, 0.3) is 0 Å². The Morgan fingerprint density at radius 2 is 2.09 bits per heavy atom. The number of halogens is 1. The summed E-state index contributed by atoms with van der Waals surface area (Å²) in [6.07, 6.45) is 3.88. The number of sulfonamides is 1. The first-order chi connectivity index (χ1) is 10.7. The van der Waals surface area contributed by atoms with E-state index in [4.69, 9.17) is 21.4 Å². The van der Waals surface area contributed by atoms with Crippen LogP contribution in [0.4, 0.5) is 5.69 Å². The first kappa shape index (κ1) is 17.0. The monoisotopic (exact) mass is 356 g/mol. The van der Waals surface area contributed by atoms with Crippen molar-refractivity contribution >= 4 is 33.3 Å². The van der Waals surface area contributed by atoms with Crippen LogP contribution in [0, 0.1) is 0 Å². The lowest BCUT2D eigenvalue weighted by Gasteiger charge is -2.12. The van der Waals surface area contributed by atoms with Gasteiger partial charge in [0.2, 0.25) is 10.0 Å². The number of hydrogen-bond acceptors (Lipinski definition) is 5. The molecule has 9 heteroatoms. The second kappa shape index (κ2) is 6.84. The average Bonchev–Trinajstić information content (AvgIpc) is 2.44. The third-order valence-electron chi connectivity index (χ3n) is 2.65. The maximum atomic E-state index is 11.3. The molecule has 0 fully saturated rings. The van der Waals surface area contributed by atoms with Gasteiger partial charge in [-0.3, -0.25) is 9.71 Å². The maximum absolute atomic E-state index is 11.3. The van der Waals surface area contributed by atoms with E-state index in [0.717, 1.165) is 6.26 Å². The van der Waals surface area contributed by atoms with E-state index in [0.29, 0.717) is 21.9 Å². The van der Waals surface area contributed by atoms with Crippen molar-refractivity contribution < 1.29 is 23.1 Å². The van der Waals surface area contributed by atoms with Crippen molar-refractivity contribution in [3.8, 4) is 16.9 Å². The Bertz CT molecular complexity index is 839. The predicted molar refractivity (Wildman–Crippen MR) is 86.3 cm³/mol. The van der Waals surface area contributed by atoms with E-state index in [9.17, 15) is 13.2 Å². The SMILES string of the molecule is CS(=O)(=O)Nc1cncc(-c2cc(Cl)ccc2OCC(=O)O)c1. The van der Waals surface area contributed by atoms with Crippen molar-refractivity contribution in [3.05, 3.63) is 41.7 Å². The van der Waals surface area contributed by atoms with Gasteiger partial charge in [-0.2, -0.15) is 0 Å². The van der Waals surface area contributed by atoms with Gasteiger partial charge in [-0.25, -0.2) is 13.2 Å². The number of carboxylic acids is 1. The average molecular weight is 357 g/mol. The van der Waals surface area contributed by atoms with Crippen LogP contribution in [0.15, 0.2) is 36.7 Å². The van der Waals surface area contributed by atoms with Crippen molar-refractivity contribution in [2.24, 2.45) is 0 Å². The molecule has 0 saturated carbocycles. The van der Waals surface area contributed by atoms with E-state index in [1.165, 1.54) is 18.5 Å². The second-order valence-electron chi connectivity index (χ2n) is 4.66. The topological polar surface area (TPSA) is 106 Å². The Kier molecular flexibility index (Phi) is 5.07. The molecule has 0 aliphatic rings. The summed E-state index contributed by atoms with van der Waals surface area (Å²) < 4.78 is 30.1. The molecule has 0 bridgehead atoms. The van der Waals surface area contributed by atoms with Crippen LogP contribution in [0.5, 0.6) is 5.75 Å². The Balaban J connectivity index is 2.42. The van der Waals surface area contributed by atoms with Crippen LogP contribution >= 0.6 is 11.6 Å². The van der Waals surface area contributed by atoms with Gasteiger partial charge in [0.1, 0.15) is 5.75 Å². The number of carboxylic acid groups (broad SMARTS) is 1. The summed E-state index contributed by atoms with van der Waals surface area (Å²) in [5.74, 6) is -0.813. The molecule has 1 aromatic heterocycles. The third kappa shape index (κ3) is 5.11. The first-order valence-corrected chi connectivity index (χ1v) is 8.59. The molecule has 0 saturated heterocycles. The molecule has 122 valence electrons. The summed E-state index contributed by atoms with van der Waals surface area (Å²) in [6, 6.07) is 6.23. The second-order valence-corrected chi connectivity index (χ2v) is 6.84. The molecule has 2 aromatic rings. The van der Waals surface area contributed by atoms with Crippen LogP contribution in [0.1, 0.15) is 0 Å². The fourth-order valence-electron chi connectivity index (χ4n) is 1.85. The maximum Gasteiger partial charge on any atom is 0.341 e. The minimum absolute atomic E-state index is 0.272. The number of benzene rings is 1. The van der Waals surface area contributed by atoms with Gasteiger partial charge in [-0.05, 0) is 24.3 Å². The predicted octanol–water partition coefficient (Wildman–Crippen LogP) is 2.24. The van der Waals surface area contributed by atoms with Gasteiger partial charge >= 0.3 is 5.97 Å². The van der Waals surface area contributed by atoms with Gasteiger partial charge in [-0.1, -0.05) is 11.6 Å². The van der Waals surface area contributed by atoms with Crippen molar-refractivity contribution in [2.45, 2.75) is 0 Å². The van der Waals surface area contributed by atoms with Crippen LogP contribution in [0.3, 0.4) is 0 Å². The zero-order valence-electron chi connectivity index (χ0n) is 12.0. The largest absolute Gasteiger partial charge is 0.481 e. The number of aliphatic carboxylic acids is 1. The number of anilines is 1. The molecular formula is C14H13ClN2O5S.